The van der Waals surface area contributed by atoms with Crippen LogP contribution in [0.25, 0.3) is 11.3 Å². The molecule has 2 aromatic carbocycles. The fourth-order valence-electron chi connectivity index (χ4n) is 2.71. The van der Waals surface area contributed by atoms with Crippen molar-refractivity contribution in [1.29, 1.82) is 0 Å². The monoisotopic (exact) mass is 444 g/mol. The van der Waals surface area contributed by atoms with E-state index in [0.29, 0.717) is 40.1 Å². The molecular weight excluding hydrogens is 424 g/mol. The Bertz CT molecular complexity index is 1070. The second-order valence-electron chi connectivity index (χ2n) is 6.15. The lowest BCUT2D eigenvalue weighted by Crippen LogP contribution is -2.20. The number of H-pyrrole nitrogens is 1. The smallest absolute Gasteiger partial charge is 0.361 e. The number of ether oxygens (including phenoxy) is 3. The predicted molar refractivity (Wildman–Crippen MR) is 115 cm³/mol. The summed E-state index contributed by atoms with van der Waals surface area (Å²) in [4.78, 5) is 24.3. The molecule has 0 aliphatic heterocycles. The Kier molecular flexibility index (Phi) is 7.45. The molecule has 0 bridgehead atoms. The van der Waals surface area contributed by atoms with Crippen LogP contribution in [0.15, 0.2) is 42.5 Å². The zero-order chi connectivity index (χ0) is 22.2. The molecular formula is C21H21ClN4O5. The van der Waals surface area contributed by atoms with Crippen molar-refractivity contribution in [2.75, 3.05) is 25.1 Å². The standard InChI is InChI=1S/C21H21ClN4O5/c1-3-29-17-11-13(19-20(25-26-24-19)21(28)30-4-2)9-10-16(17)31-12-18(27)23-15-8-6-5-7-14(15)22/h5-11H,3-4,12H2,1-2H3,(H,23,27)(H,24,25,26). The van der Waals surface area contributed by atoms with Gasteiger partial charge in [0.15, 0.2) is 23.8 Å². The van der Waals surface area contributed by atoms with Crippen LogP contribution in [-0.4, -0.2) is 47.1 Å². The molecule has 162 valence electrons. The second kappa shape index (κ2) is 10.4. The number of rotatable bonds is 9. The Morgan fingerprint density at radius 1 is 1.03 bits per heavy atom. The first-order valence-electron chi connectivity index (χ1n) is 9.55. The Balaban J connectivity index is 1.75. The summed E-state index contributed by atoms with van der Waals surface area (Å²) in [5, 5.41) is 13.5. The summed E-state index contributed by atoms with van der Waals surface area (Å²) in [6.45, 7) is 3.87. The molecule has 10 heteroatoms. The van der Waals surface area contributed by atoms with E-state index in [0.717, 1.165) is 0 Å². The van der Waals surface area contributed by atoms with Crippen LogP contribution in [0.3, 0.4) is 0 Å². The van der Waals surface area contributed by atoms with Gasteiger partial charge in [-0.05, 0) is 44.2 Å². The number of carbonyl (C=O) groups excluding carboxylic acids is 2. The molecule has 0 radical (unpaired) electrons. The highest BCUT2D eigenvalue weighted by Gasteiger charge is 2.20. The average molecular weight is 445 g/mol. The third kappa shape index (κ3) is 5.52. The number of esters is 1. The highest BCUT2D eigenvalue weighted by atomic mass is 35.5. The summed E-state index contributed by atoms with van der Waals surface area (Å²) >= 11 is 6.05. The van der Waals surface area contributed by atoms with Gasteiger partial charge in [0.2, 0.25) is 0 Å². The van der Waals surface area contributed by atoms with Crippen molar-refractivity contribution in [3.63, 3.8) is 0 Å². The van der Waals surface area contributed by atoms with Gasteiger partial charge in [0.05, 0.1) is 23.9 Å². The van der Waals surface area contributed by atoms with Gasteiger partial charge in [0, 0.05) is 5.56 Å². The molecule has 0 aliphatic rings. The number of halogens is 1. The van der Waals surface area contributed by atoms with Crippen LogP contribution in [0.1, 0.15) is 24.3 Å². The molecule has 0 spiro atoms. The Labute approximate surface area is 183 Å². The fourth-order valence-corrected chi connectivity index (χ4v) is 2.89. The van der Waals surface area contributed by atoms with E-state index in [4.69, 9.17) is 25.8 Å². The number of nitrogens with one attached hydrogen (secondary N) is 2. The normalized spacial score (nSPS) is 10.4. The third-order valence-corrected chi connectivity index (χ3v) is 4.37. The molecule has 0 aliphatic carbocycles. The fraction of sp³-hybridized carbons (Fsp3) is 0.238. The molecule has 9 nitrogen and oxygen atoms in total. The number of hydrogen-bond acceptors (Lipinski definition) is 7. The molecule has 1 amide bonds. The van der Waals surface area contributed by atoms with Gasteiger partial charge in [0.1, 0.15) is 5.69 Å². The number of benzene rings is 2. The zero-order valence-corrected chi connectivity index (χ0v) is 17.7. The average Bonchev–Trinajstić information content (AvgIpc) is 3.25. The van der Waals surface area contributed by atoms with Crippen molar-refractivity contribution in [3.05, 3.63) is 53.2 Å². The maximum absolute atomic E-state index is 12.2. The molecule has 0 fully saturated rings. The van der Waals surface area contributed by atoms with E-state index in [9.17, 15) is 9.59 Å². The SMILES string of the molecule is CCOC(=O)c1n[nH]nc1-c1ccc(OCC(=O)Nc2ccccc2Cl)c(OCC)c1. The van der Waals surface area contributed by atoms with E-state index >= 15 is 0 Å². The van der Waals surface area contributed by atoms with Gasteiger partial charge in [0.25, 0.3) is 5.91 Å². The zero-order valence-electron chi connectivity index (χ0n) is 17.0. The topological polar surface area (TPSA) is 115 Å². The lowest BCUT2D eigenvalue weighted by Gasteiger charge is -2.13. The Hall–Kier alpha value is -3.59. The van der Waals surface area contributed by atoms with Crippen molar-refractivity contribution in [2.45, 2.75) is 13.8 Å². The number of carbonyl (C=O) groups is 2. The van der Waals surface area contributed by atoms with Gasteiger partial charge >= 0.3 is 5.97 Å². The lowest BCUT2D eigenvalue weighted by atomic mass is 10.1. The summed E-state index contributed by atoms with van der Waals surface area (Å²) in [5.74, 6) is -0.203. The predicted octanol–water partition coefficient (Wildman–Crippen LogP) is 3.72. The van der Waals surface area contributed by atoms with Crippen molar-refractivity contribution < 1.29 is 23.8 Å². The summed E-state index contributed by atoms with van der Waals surface area (Å²) < 4.78 is 16.3. The van der Waals surface area contributed by atoms with Gasteiger partial charge in [-0.2, -0.15) is 10.3 Å². The molecule has 2 N–H and O–H groups in total. The number of nitrogens with zero attached hydrogens (tertiary/aromatic N) is 2. The molecule has 0 atom stereocenters. The van der Waals surface area contributed by atoms with Crippen LogP contribution in [0.5, 0.6) is 11.5 Å². The minimum Gasteiger partial charge on any atom is -0.490 e. The summed E-state index contributed by atoms with van der Waals surface area (Å²) in [7, 11) is 0. The molecule has 1 heterocycles. The Morgan fingerprint density at radius 2 is 1.84 bits per heavy atom. The van der Waals surface area contributed by atoms with Crippen LogP contribution in [0.2, 0.25) is 5.02 Å². The van der Waals surface area contributed by atoms with E-state index in [2.05, 4.69) is 20.7 Å². The number of hydrogen-bond donors (Lipinski definition) is 2. The maximum Gasteiger partial charge on any atom is 0.361 e. The first-order chi connectivity index (χ1) is 15.0. The van der Waals surface area contributed by atoms with Crippen LogP contribution >= 0.6 is 11.6 Å². The lowest BCUT2D eigenvalue weighted by molar-refractivity contribution is -0.118. The van der Waals surface area contributed by atoms with Gasteiger partial charge in [-0.15, -0.1) is 5.10 Å². The number of aromatic nitrogens is 3. The number of para-hydroxylation sites is 1. The number of anilines is 1. The van der Waals surface area contributed by atoms with Gasteiger partial charge < -0.3 is 19.5 Å². The van der Waals surface area contributed by atoms with Gasteiger partial charge in [-0.25, -0.2) is 4.79 Å². The molecule has 3 rings (SSSR count). The third-order valence-electron chi connectivity index (χ3n) is 4.04. The van der Waals surface area contributed by atoms with E-state index in [-0.39, 0.29) is 24.8 Å². The van der Waals surface area contributed by atoms with E-state index in [1.165, 1.54) is 0 Å². The molecule has 31 heavy (non-hydrogen) atoms. The van der Waals surface area contributed by atoms with E-state index < -0.39 is 5.97 Å². The Morgan fingerprint density at radius 3 is 2.58 bits per heavy atom. The minimum absolute atomic E-state index is 0.0667. The molecule has 3 aromatic rings. The highest BCUT2D eigenvalue weighted by molar-refractivity contribution is 6.33. The van der Waals surface area contributed by atoms with E-state index in [1.807, 2.05) is 6.92 Å². The van der Waals surface area contributed by atoms with Crippen LogP contribution < -0.4 is 14.8 Å². The van der Waals surface area contributed by atoms with E-state index in [1.54, 1.807) is 49.4 Å². The highest BCUT2D eigenvalue weighted by Crippen LogP contribution is 2.33. The molecule has 0 saturated heterocycles. The van der Waals surface area contributed by atoms with Crippen molar-refractivity contribution in [1.82, 2.24) is 15.4 Å². The molecule has 1 aromatic heterocycles. The maximum atomic E-state index is 12.2. The molecule has 0 saturated carbocycles. The van der Waals surface area contributed by atoms with Gasteiger partial charge in [-0.3, -0.25) is 4.79 Å². The van der Waals surface area contributed by atoms with Gasteiger partial charge in [-0.1, -0.05) is 23.7 Å². The summed E-state index contributed by atoms with van der Waals surface area (Å²) in [6, 6.07) is 11.9. The number of amides is 1. The van der Waals surface area contributed by atoms with Crippen molar-refractivity contribution >= 4 is 29.2 Å². The second-order valence-corrected chi connectivity index (χ2v) is 6.56. The number of aromatic amines is 1. The van der Waals surface area contributed by atoms with Crippen LogP contribution in [0, 0.1) is 0 Å². The summed E-state index contributed by atoms with van der Waals surface area (Å²) in [5.41, 5.74) is 1.46. The first-order valence-corrected chi connectivity index (χ1v) is 9.93. The largest absolute Gasteiger partial charge is 0.490 e. The summed E-state index contributed by atoms with van der Waals surface area (Å²) in [6.07, 6.45) is 0. The van der Waals surface area contributed by atoms with Crippen LogP contribution in [-0.2, 0) is 9.53 Å². The van der Waals surface area contributed by atoms with Crippen LogP contribution in [0.4, 0.5) is 5.69 Å². The first kappa shape index (κ1) is 22.1. The van der Waals surface area contributed by atoms with Crippen molar-refractivity contribution in [2.24, 2.45) is 0 Å². The quantitative estimate of drug-likeness (QED) is 0.483. The molecule has 0 unspecified atom stereocenters. The van der Waals surface area contributed by atoms with Crippen molar-refractivity contribution in [3.8, 4) is 22.8 Å². The minimum atomic E-state index is -0.583.